The van der Waals surface area contributed by atoms with Crippen molar-refractivity contribution in [2.24, 2.45) is 0 Å². The summed E-state index contributed by atoms with van der Waals surface area (Å²) >= 11 is 5.50. The summed E-state index contributed by atoms with van der Waals surface area (Å²) in [6.07, 6.45) is 1.17. The van der Waals surface area contributed by atoms with Gasteiger partial charge in [-0.2, -0.15) is 0 Å². The van der Waals surface area contributed by atoms with Crippen LogP contribution in [0.3, 0.4) is 0 Å². The maximum atomic E-state index is 3.58. The van der Waals surface area contributed by atoms with Gasteiger partial charge in [0.1, 0.15) is 0 Å². The van der Waals surface area contributed by atoms with Crippen molar-refractivity contribution in [3.63, 3.8) is 0 Å². The Kier molecular flexibility index (Phi) is 6.81. The van der Waals surface area contributed by atoms with Gasteiger partial charge in [-0.05, 0) is 54.8 Å². The lowest BCUT2D eigenvalue weighted by Gasteiger charge is -2.12. The summed E-state index contributed by atoms with van der Waals surface area (Å²) in [5.74, 6) is 1.02. The Morgan fingerprint density at radius 3 is 2.67 bits per heavy atom. The number of rotatable bonds is 7. The minimum Gasteiger partial charge on any atom is -0.313 e. The van der Waals surface area contributed by atoms with Crippen molar-refractivity contribution in [3.05, 3.63) is 63.6 Å². The Bertz CT molecular complexity index is 583. The van der Waals surface area contributed by atoms with E-state index >= 15 is 0 Å². The van der Waals surface area contributed by atoms with Gasteiger partial charge in [-0.1, -0.05) is 47.1 Å². The Balaban J connectivity index is 2.06. The molecule has 2 aromatic rings. The van der Waals surface area contributed by atoms with Crippen molar-refractivity contribution >= 4 is 27.7 Å². The number of nitrogens with one attached hydrogen (secondary N) is 1. The van der Waals surface area contributed by atoms with Crippen LogP contribution in [0.25, 0.3) is 0 Å². The van der Waals surface area contributed by atoms with Crippen molar-refractivity contribution in [2.45, 2.75) is 37.5 Å². The number of hydrogen-bond acceptors (Lipinski definition) is 2. The molecule has 0 saturated carbocycles. The van der Waals surface area contributed by atoms with E-state index in [1.807, 2.05) is 11.8 Å². The van der Waals surface area contributed by atoms with Crippen LogP contribution in [-0.4, -0.2) is 6.54 Å². The normalized spacial score (nSPS) is 10.8. The quantitative estimate of drug-likeness (QED) is 0.511. The predicted molar refractivity (Wildman–Crippen MR) is 96.9 cm³/mol. The molecule has 0 heterocycles. The van der Waals surface area contributed by atoms with Gasteiger partial charge < -0.3 is 5.32 Å². The molecule has 0 bridgehead atoms. The molecule has 0 saturated heterocycles. The van der Waals surface area contributed by atoms with Crippen LogP contribution >= 0.6 is 27.7 Å². The molecular weight excluding hydrogens is 342 g/mol. The smallest absolute Gasteiger partial charge is 0.0234 e. The van der Waals surface area contributed by atoms with Crippen molar-refractivity contribution in [2.75, 3.05) is 6.54 Å². The van der Waals surface area contributed by atoms with Crippen molar-refractivity contribution < 1.29 is 0 Å². The van der Waals surface area contributed by atoms with Crippen LogP contribution in [0.1, 0.15) is 30.0 Å². The molecular formula is C18H22BrNS. The molecule has 0 aliphatic rings. The standard InChI is InChI=1S/C18H22BrNS/c1-3-10-20-12-16-11-17(19)8-9-18(16)21-13-15-7-5-4-6-14(15)2/h4-9,11,20H,3,10,12-13H2,1-2H3. The largest absolute Gasteiger partial charge is 0.313 e. The van der Waals surface area contributed by atoms with Crippen LogP contribution < -0.4 is 5.32 Å². The van der Waals surface area contributed by atoms with E-state index in [2.05, 4.69) is 77.6 Å². The zero-order chi connectivity index (χ0) is 15.1. The number of halogens is 1. The van der Waals surface area contributed by atoms with E-state index in [0.717, 1.165) is 23.3 Å². The van der Waals surface area contributed by atoms with Crippen LogP contribution in [0.5, 0.6) is 0 Å². The van der Waals surface area contributed by atoms with Crippen LogP contribution in [0.15, 0.2) is 51.8 Å². The number of aryl methyl sites for hydroxylation is 1. The summed E-state index contributed by atoms with van der Waals surface area (Å²) in [5, 5.41) is 3.49. The van der Waals surface area contributed by atoms with Crippen LogP contribution in [-0.2, 0) is 12.3 Å². The monoisotopic (exact) mass is 363 g/mol. The van der Waals surface area contributed by atoms with E-state index in [1.54, 1.807) is 0 Å². The molecule has 2 aromatic carbocycles. The molecule has 21 heavy (non-hydrogen) atoms. The van der Waals surface area contributed by atoms with Crippen molar-refractivity contribution in [3.8, 4) is 0 Å². The summed E-state index contributed by atoms with van der Waals surface area (Å²) in [6, 6.07) is 15.2. The van der Waals surface area contributed by atoms with Crippen molar-refractivity contribution in [1.29, 1.82) is 0 Å². The fourth-order valence-electron chi connectivity index (χ4n) is 2.15. The molecule has 0 fully saturated rings. The van der Waals surface area contributed by atoms with E-state index in [0.29, 0.717) is 0 Å². The predicted octanol–water partition coefficient (Wildman–Crippen LogP) is 5.55. The number of benzene rings is 2. The highest BCUT2D eigenvalue weighted by Gasteiger charge is 2.05. The van der Waals surface area contributed by atoms with E-state index in [4.69, 9.17) is 0 Å². The highest BCUT2D eigenvalue weighted by Crippen LogP contribution is 2.29. The molecule has 3 heteroatoms. The topological polar surface area (TPSA) is 12.0 Å². The molecule has 0 atom stereocenters. The van der Waals surface area contributed by atoms with Gasteiger partial charge in [0, 0.05) is 21.7 Å². The zero-order valence-electron chi connectivity index (χ0n) is 12.7. The molecule has 1 nitrogen and oxygen atoms in total. The summed E-state index contributed by atoms with van der Waals surface area (Å²) in [5.41, 5.74) is 4.15. The first-order valence-corrected chi connectivity index (χ1v) is 9.15. The molecule has 0 aliphatic heterocycles. The van der Waals surface area contributed by atoms with Crippen LogP contribution in [0.2, 0.25) is 0 Å². The zero-order valence-corrected chi connectivity index (χ0v) is 15.1. The molecule has 0 amide bonds. The van der Waals surface area contributed by atoms with Gasteiger partial charge in [0.2, 0.25) is 0 Å². The van der Waals surface area contributed by atoms with Gasteiger partial charge in [-0.25, -0.2) is 0 Å². The molecule has 1 N–H and O–H groups in total. The van der Waals surface area contributed by atoms with E-state index in [1.165, 1.54) is 28.0 Å². The third-order valence-corrected chi connectivity index (χ3v) is 5.07. The maximum Gasteiger partial charge on any atom is 0.0234 e. The van der Waals surface area contributed by atoms with Crippen molar-refractivity contribution in [1.82, 2.24) is 5.32 Å². The summed E-state index contributed by atoms with van der Waals surface area (Å²) in [6.45, 7) is 6.38. The summed E-state index contributed by atoms with van der Waals surface area (Å²) < 4.78 is 1.15. The number of hydrogen-bond donors (Lipinski definition) is 1. The van der Waals surface area contributed by atoms with Crippen LogP contribution in [0.4, 0.5) is 0 Å². The van der Waals surface area contributed by atoms with Gasteiger partial charge in [-0.3, -0.25) is 0 Å². The van der Waals surface area contributed by atoms with Gasteiger partial charge in [0.25, 0.3) is 0 Å². The lowest BCUT2D eigenvalue weighted by atomic mass is 10.1. The second-order valence-corrected chi connectivity index (χ2v) is 7.08. The average Bonchev–Trinajstić information content (AvgIpc) is 2.48. The Morgan fingerprint density at radius 2 is 1.90 bits per heavy atom. The lowest BCUT2D eigenvalue weighted by molar-refractivity contribution is 0.669. The SMILES string of the molecule is CCCNCc1cc(Br)ccc1SCc1ccccc1C. The molecule has 112 valence electrons. The highest BCUT2D eigenvalue weighted by atomic mass is 79.9. The van der Waals surface area contributed by atoms with E-state index in [-0.39, 0.29) is 0 Å². The highest BCUT2D eigenvalue weighted by molar-refractivity contribution is 9.10. The van der Waals surface area contributed by atoms with Gasteiger partial charge >= 0.3 is 0 Å². The molecule has 0 aliphatic carbocycles. The third-order valence-electron chi connectivity index (χ3n) is 3.41. The fraction of sp³-hybridized carbons (Fsp3) is 0.333. The van der Waals surface area contributed by atoms with Gasteiger partial charge in [0.05, 0.1) is 0 Å². The molecule has 0 radical (unpaired) electrons. The first kappa shape index (κ1) is 16.6. The molecule has 0 aromatic heterocycles. The van der Waals surface area contributed by atoms with Crippen LogP contribution in [0, 0.1) is 6.92 Å². The molecule has 0 spiro atoms. The maximum absolute atomic E-state index is 3.58. The average molecular weight is 364 g/mol. The molecule has 0 unspecified atom stereocenters. The second-order valence-electron chi connectivity index (χ2n) is 5.14. The first-order valence-electron chi connectivity index (χ1n) is 7.37. The minimum atomic E-state index is 0.934. The number of thioether (sulfide) groups is 1. The van der Waals surface area contributed by atoms with Gasteiger partial charge in [-0.15, -0.1) is 11.8 Å². The fourth-order valence-corrected chi connectivity index (χ4v) is 3.68. The minimum absolute atomic E-state index is 0.934. The third kappa shape index (κ3) is 5.17. The lowest BCUT2D eigenvalue weighted by Crippen LogP contribution is -2.14. The Hall–Kier alpha value is -0.770. The van der Waals surface area contributed by atoms with E-state index in [9.17, 15) is 0 Å². The van der Waals surface area contributed by atoms with E-state index < -0.39 is 0 Å². The van der Waals surface area contributed by atoms with Gasteiger partial charge in [0.15, 0.2) is 0 Å². The second kappa shape index (κ2) is 8.62. The first-order chi connectivity index (χ1) is 10.2. The summed E-state index contributed by atoms with van der Waals surface area (Å²) in [7, 11) is 0. The molecule has 2 rings (SSSR count). The Labute approximate surface area is 140 Å². The summed E-state index contributed by atoms with van der Waals surface area (Å²) in [4.78, 5) is 1.37. The Morgan fingerprint density at radius 1 is 1.10 bits per heavy atom.